The summed E-state index contributed by atoms with van der Waals surface area (Å²) in [5.41, 5.74) is 6.90. The standard InChI is InChI=1S/C11H16FN5O6/c12-7-6(1-2-18)11(4-19,3-14-16-13)23-8(7)17-5-22-10(21)15-9(17)20/h6-8,18-19H,1-5H2,(H,15,20,21)/t6-,7+,8+,11+/m0/s1/i18T. The number of hydrogen-bond acceptors (Lipinski definition) is 7. The lowest BCUT2D eigenvalue weighted by Crippen LogP contribution is -2.56. The number of alkyl carbamates (subject to hydrolysis) is 1. The summed E-state index contributed by atoms with van der Waals surface area (Å²) in [7, 11) is 0. The Balaban J connectivity index is 2.26. The Morgan fingerprint density at radius 1 is 1.65 bits per heavy atom. The number of azide groups is 1. The second kappa shape index (κ2) is 6.96. The number of aliphatic hydroxyl groups excluding tert-OH is 2. The van der Waals surface area contributed by atoms with Crippen LogP contribution in [0.25, 0.3) is 10.4 Å². The van der Waals surface area contributed by atoms with Crippen molar-refractivity contribution >= 4 is 12.1 Å². The van der Waals surface area contributed by atoms with Crippen molar-refractivity contribution in [2.24, 2.45) is 11.0 Å². The molecule has 0 aromatic heterocycles. The molecule has 0 aromatic carbocycles. The first kappa shape index (κ1) is 15.7. The smallest absolute Gasteiger partial charge is 0.417 e. The van der Waals surface area contributed by atoms with Crippen LogP contribution in [0.3, 0.4) is 0 Å². The number of alkyl halides is 1. The van der Waals surface area contributed by atoms with E-state index in [1.54, 1.807) is 0 Å². The number of urea groups is 1. The Kier molecular flexibility index (Phi) is 4.76. The largest absolute Gasteiger partial charge is 0.428 e. The maximum Gasteiger partial charge on any atom is 0.417 e. The number of nitrogens with zero attached hydrogens (tertiary/aromatic N) is 4. The van der Waals surface area contributed by atoms with Crippen LogP contribution in [-0.2, 0) is 9.47 Å². The first-order chi connectivity index (χ1) is 11.5. The van der Waals surface area contributed by atoms with E-state index in [9.17, 15) is 19.1 Å². The highest BCUT2D eigenvalue weighted by molar-refractivity contribution is 5.92. The lowest BCUT2D eigenvalue weighted by atomic mass is 9.84. The molecule has 0 aromatic rings. The number of carbonyl (C=O) groups excluding carboxylic acids is 2. The molecular weight excluding hydrogens is 317 g/mol. The first-order valence-corrected chi connectivity index (χ1v) is 6.75. The van der Waals surface area contributed by atoms with Gasteiger partial charge in [0.1, 0.15) is 5.60 Å². The molecule has 3 N–H and O–H groups in total. The number of carbonyl (C=O) groups is 2. The Hall–Kier alpha value is -2.14. The molecule has 12 heteroatoms. The van der Waals surface area contributed by atoms with Gasteiger partial charge in [-0.3, -0.25) is 4.90 Å². The van der Waals surface area contributed by atoms with Crippen LogP contribution in [0.5, 0.6) is 0 Å². The number of ether oxygens (including phenoxy) is 2. The van der Waals surface area contributed by atoms with Gasteiger partial charge in [0.2, 0.25) is 1.43 Å². The Labute approximate surface area is 131 Å². The predicted molar refractivity (Wildman–Crippen MR) is 70.5 cm³/mol. The maximum absolute atomic E-state index is 14.9. The van der Waals surface area contributed by atoms with Crippen molar-refractivity contribution in [3.63, 3.8) is 0 Å². The molecule has 0 saturated carbocycles. The lowest BCUT2D eigenvalue weighted by Gasteiger charge is -2.33. The van der Waals surface area contributed by atoms with Crippen molar-refractivity contribution in [2.75, 3.05) is 26.5 Å². The Bertz CT molecular complexity index is 549. The van der Waals surface area contributed by atoms with Crippen molar-refractivity contribution in [1.82, 2.24) is 10.2 Å². The van der Waals surface area contributed by atoms with E-state index in [1.165, 1.54) is 0 Å². The minimum atomic E-state index is -1.79. The molecule has 128 valence electrons. The normalized spacial score (nSPS) is 34.4. The van der Waals surface area contributed by atoms with E-state index in [1.807, 2.05) is 5.32 Å². The fourth-order valence-electron chi connectivity index (χ4n) is 2.75. The number of rotatable bonds is 7. The molecule has 0 spiro atoms. The molecule has 0 unspecified atom stereocenters. The number of imide groups is 1. The van der Waals surface area contributed by atoms with Crippen molar-refractivity contribution in [1.29, 1.82) is 1.43 Å². The van der Waals surface area contributed by atoms with Crippen LogP contribution in [0, 0.1) is 5.92 Å². The molecule has 0 radical (unpaired) electrons. The van der Waals surface area contributed by atoms with Crippen molar-refractivity contribution in [3.05, 3.63) is 10.4 Å². The van der Waals surface area contributed by atoms with Gasteiger partial charge in [0, 0.05) is 17.4 Å². The summed E-state index contributed by atoms with van der Waals surface area (Å²) < 4.78 is 31.8. The van der Waals surface area contributed by atoms with Crippen LogP contribution in [0.4, 0.5) is 14.0 Å². The van der Waals surface area contributed by atoms with Crippen molar-refractivity contribution in [3.8, 4) is 0 Å². The molecule has 3 amide bonds. The summed E-state index contributed by atoms with van der Waals surface area (Å²) in [6.07, 6.45) is -4.23. The summed E-state index contributed by atoms with van der Waals surface area (Å²) in [6.45, 7) is -1.74. The van der Waals surface area contributed by atoms with Gasteiger partial charge < -0.3 is 19.7 Å². The molecule has 11 nitrogen and oxygen atoms in total. The zero-order valence-electron chi connectivity index (χ0n) is 12.9. The predicted octanol–water partition coefficient (Wildman–Crippen LogP) is -0.160. The number of halogens is 1. The van der Waals surface area contributed by atoms with Crippen molar-refractivity contribution in [2.45, 2.75) is 24.4 Å². The third-order valence-corrected chi connectivity index (χ3v) is 3.90. The highest BCUT2D eigenvalue weighted by Gasteiger charge is 2.57. The monoisotopic (exact) mass is 335 g/mol. The fourth-order valence-corrected chi connectivity index (χ4v) is 2.75. The van der Waals surface area contributed by atoms with Crippen molar-refractivity contribution < 1.29 is 33.7 Å². The molecule has 4 atom stereocenters. The number of nitrogens with one attached hydrogen (secondary N) is 1. The van der Waals surface area contributed by atoms with Crippen LogP contribution >= 0.6 is 0 Å². The Morgan fingerprint density at radius 3 is 3.04 bits per heavy atom. The lowest BCUT2D eigenvalue weighted by molar-refractivity contribution is -0.139. The zero-order chi connectivity index (χ0) is 17.7. The van der Waals surface area contributed by atoms with Crippen LogP contribution in [0.1, 0.15) is 6.42 Å². The van der Waals surface area contributed by atoms with Gasteiger partial charge in [-0.1, -0.05) is 5.11 Å². The number of cyclic esters (lactones) is 1. The minimum absolute atomic E-state index is 0.0160. The average molecular weight is 335 g/mol. The highest BCUT2D eigenvalue weighted by atomic mass is 19.1. The fraction of sp³-hybridized carbons (Fsp3) is 0.818. The molecule has 23 heavy (non-hydrogen) atoms. The minimum Gasteiger partial charge on any atom is -0.428 e. The van der Waals surface area contributed by atoms with Gasteiger partial charge in [-0.15, -0.1) is 0 Å². The van der Waals surface area contributed by atoms with Gasteiger partial charge >= 0.3 is 12.1 Å². The van der Waals surface area contributed by atoms with E-state index in [-0.39, 0.29) is 19.6 Å². The third-order valence-electron chi connectivity index (χ3n) is 3.90. The van der Waals surface area contributed by atoms with E-state index >= 15 is 0 Å². The van der Waals surface area contributed by atoms with Gasteiger partial charge in [-0.25, -0.2) is 19.3 Å². The van der Waals surface area contributed by atoms with E-state index in [2.05, 4.69) is 19.9 Å². The third kappa shape index (κ3) is 3.15. The summed E-state index contributed by atoms with van der Waals surface area (Å²) in [4.78, 5) is 26.2. The van der Waals surface area contributed by atoms with Crippen LogP contribution in [0.15, 0.2) is 5.11 Å². The number of hydrogen-bond donors (Lipinski definition) is 3. The van der Waals surface area contributed by atoms with Gasteiger partial charge in [-0.2, -0.15) is 0 Å². The number of aliphatic hydroxyl groups is 2. The zero-order valence-corrected chi connectivity index (χ0v) is 11.9. The topological polar surface area (TPSA) is 157 Å². The molecule has 0 aliphatic carbocycles. The van der Waals surface area contributed by atoms with Crippen LogP contribution in [0.2, 0.25) is 0 Å². The molecule has 2 aliphatic heterocycles. The molecule has 0 bridgehead atoms. The van der Waals surface area contributed by atoms with E-state index in [4.69, 9.17) is 11.7 Å². The summed E-state index contributed by atoms with van der Waals surface area (Å²) in [6, 6.07) is -0.910. The molecule has 2 saturated heterocycles. The quantitative estimate of drug-likeness (QED) is 0.333. The summed E-state index contributed by atoms with van der Waals surface area (Å²) in [5.74, 6) is -1.01. The Morgan fingerprint density at radius 2 is 2.43 bits per heavy atom. The molecule has 2 fully saturated rings. The number of amides is 3. The van der Waals surface area contributed by atoms with E-state index in [0.717, 1.165) is 4.90 Å². The van der Waals surface area contributed by atoms with Gasteiger partial charge in [-0.05, 0) is 12.0 Å². The first-order valence-electron chi connectivity index (χ1n) is 7.16. The highest BCUT2D eigenvalue weighted by Crippen LogP contribution is 2.42. The molecule has 2 aliphatic rings. The van der Waals surface area contributed by atoms with Gasteiger partial charge in [0.05, 0.1) is 13.2 Å². The van der Waals surface area contributed by atoms with E-state index in [0.29, 0.717) is 0 Å². The molecule has 2 heterocycles. The molecule has 2 rings (SSSR count). The van der Waals surface area contributed by atoms with Gasteiger partial charge in [0.25, 0.3) is 0 Å². The van der Waals surface area contributed by atoms with Crippen LogP contribution in [-0.4, -0.2) is 73.2 Å². The molecular formula is C11H16FN5O6. The summed E-state index contributed by atoms with van der Waals surface area (Å²) in [5, 5.41) is 19.1. The SMILES string of the molecule is [3H]OCC[C@H]1[C@@H](F)[C@H](N2COC(=O)NC2=O)O[C@@]1(CO)CN=[N+]=[N-]. The summed E-state index contributed by atoms with van der Waals surface area (Å²) >= 11 is 0. The van der Waals surface area contributed by atoms with Crippen LogP contribution < -0.4 is 5.32 Å². The second-order valence-corrected chi connectivity index (χ2v) is 5.12. The average Bonchev–Trinajstić information content (AvgIpc) is 2.84. The maximum atomic E-state index is 14.9. The van der Waals surface area contributed by atoms with E-state index < -0.39 is 49.4 Å². The van der Waals surface area contributed by atoms with Gasteiger partial charge in [0.15, 0.2) is 19.1 Å². The second-order valence-electron chi connectivity index (χ2n) is 5.12.